The Bertz CT molecular complexity index is 306. The molecule has 1 rings (SSSR count). The van der Waals surface area contributed by atoms with Gasteiger partial charge in [0.1, 0.15) is 5.75 Å². The lowest BCUT2D eigenvalue weighted by Gasteiger charge is -1.96. The highest BCUT2D eigenvalue weighted by atomic mass is 79.9. The van der Waals surface area contributed by atoms with Gasteiger partial charge in [0.15, 0.2) is 0 Å². The second-order valence-corrected chi connectivity index (χ2v) is 2.82. The van der Waals surface area contributed by atoms with Gasteiger partial charge in [-0.2, -0.15) is 5.26 Å². The molecule has 0 aliphatic rings. The van der Waals surface area contributed by atoms with Crippen molar-refractivity contribution in [2.24, 2.45) is 0 Å². The van der Waals surface area contributed by atoms with Crippen LogP contribution in [0.3, 0.4) is 0 Å². The van der Waals surface area contributed by atoms with Gasteiger partial charge in [0, 0.05) is 0 Å². The molecule has 0 fully saturated rings. The molecule has 1 heterocycles. The molecule has 0 unspecified atom stereocenters. The molecule has 1 N–H and O–H groups in total. The van der Waals surface area contributed by atoms with Crippen molar-refractivity contribution in [3.8, 4) is 11.8 Å². The molecule has 0 aromatic carbocycles. The molecular formula is C7H5BrN2O. The van der Waals surface area contributed by atoms with E-state index in [1.54, 1.807) is 6.07 Å². The largest absolute Gasteiger partial charge is 0.505 e. The first kappa shape index (κ1) is 8.02. The molecule has 0 saturated carbocycles. The summed E-state index contributed by atoms with van der Waals surface area (Å²) in [6.07, 6.45) is 1.58. The Balaban J connectivity index is 2.98. The second-order valence-electron chi connectivity index (χ2n) is 1.96. The summed E-state index contributed by atoms with van der Waals surface area (Å²) in [6.45, 7) is 0. The molecule has 56 valence electrons. The van der Waals surface area contributed by atoms with Gasteiger partial charge in [0.25, 0.3) is 0 Å². The van der Waals surface area contributed by atoms with Gasteiger partial charge in [0.2, 0.25) is 0 Å². The van der Waals surface area contributed by atoms with Crippen molar-refractivity contribution in [2.75, 3.05) is 0 Å². The SMILES string of the molecule is N#CCc1cc(Br)c(O)cn1. The summed E-state index contributed by atoms with van der Waals surface area (Å²) in [5, 5.41) is 17.3. The zero-order valence-electron chi connectivity index (χ0n) is 5.58. The van der Waals surface area contributed by atoms with Gasteiger partial charge in [-0.05, 0) is 22.0 Å². The van der Waals surface area contributed by atoms with Gasteiger partial charge in [-0.25, -0.2) is 0 Å². The Kier molecular flexibility index (Phi) is 2.44. The molecule has 11 heavy (non-hydrogen) atoms. The normalized spacial score (nSPS) is 9.09. The first-order valence-electron chi connectivity index (χ1n) is 2.94. The average molecular weight is 213 g/mol. The fraction of sp³-hybridized carbons (Fsp3) is 0.143. The molecule has 4 heteroatoms. The topological polar surface area (TPSA) is 56.9 Å². The van der Waals surface area contributed by atoms with Crippen LogP contribution in [0.4, 0.5) is 0 Å². The van der Waals surface area contributed by atoms with Crippen molar-refractivity contribution in [1.29, 1.82) is 5.26 Å². The number of hydrogen-bond acceptors (Lipinski definition) is 3. The smallest absolute Gasteiger partial charge is 0.148 e. The zero-order valence-corrected chi connectivity index (χ0v) is 7.17. The lowest BCUT2D eigenvalue weighted by atomic mass is 10.3. The Morgan fingerprint density at radius 3 is 3.00 bits per heavy atom. The van der Waals surface area contributed by atoms with Crippen LogP contribution in [0.1, 0.15) is 5.69 Å². The van der Waals surface area contributed by atoms with Crippen LogP contribution in [-0.2, 0) is 6.42 Å². The molecule has 0 atom stereocenters. The van der Waals surface area contributed by atoms with E-state index in [2.05, 4.69) is 20.9 Å². The lowest BCUT2D eigenvalue weighted by Crippen LogP contribution is -1.86. The molecule has 1 aromatic rings. The first-order valence-corrected chi connectivity index (χ1v) is 3.73. The predicted molar refractivity (Wildman–Crippen MR) is 42.9 cm³/mol. The summed E-state index contributed by atoms with van der Waals surface area (Å²) in [7, 11) is 0. The number of pyridine rings is 1. The third-order valence-electron chi connectivity index (χ3n) is 1.15. The summed E-state index contributed by atoms with van der Waals surface area (Å²) in [6, 6.07) is 3.59. The first-order chi connectivity index (χ1) is 5.24. The summed E-state index contributed by atoms with van der Waals surface area (Å²) in [4.78, 5) is 3.83. The van der Waals surface area contributed by atoms with Crippen LogP contribution in [-0.4, -0.2) is 10.1 Å². The molecule has 0 amide bonds. The van der Waals surface area contributed by atoms with Gasteiger partial charge < -0.3 is 5.11 Å². The standard InChI is InChI=1S/C7H5BrN2O/c8-6-3-5(1-2-9)10-4-7(6)11/h3-4,11H,1H2. The maximum absolute atomic E-state index is 9.02. The minimum Gasteiger partial charge on any atom is -0.505 e. The van der Waals surface area contributed by atoms with Crippen LogP contribution in [0.15, 0.2) is 16.7 Å². The third-order valence-corrected chi connectivity index (χ3v) is 1.79. The monoisotopic (exact) mass is 212 g/mol. The molecule has 0 aliphatic carbocycles. The van der Waals surface area contributed by atoms with Gasteiger partial charge in [-0.1, -0.05) is 0 Å². The van der Waals surface area contributed by atoms with E-state index in [9.17, 15) is 0 Å². The summed E-state index contributed by atoms with van der Waals surface area (Å²) in [5.74, 6) is 0.0895. The Labute approximate surface area is 72.4 Å². The van der Waals surface area contributed by atoms with E-state index in [1.807, 2.05) is 6.07 Å². The van der Waals surface area contributed by atoms with E-state index < -0.39 is 0 Å². The minimum atomic E-state index is 0.0895. The zero-order chi connectivity index (χ0) is 8.27. The maximum Gasteiger partial charge on any atom is 0.148 e. The number of aromatic nitrogens is 1. The van der Waals surface area contributed by atoms with Crippen molar-refractivity contribution in [2.45, 2.75) is 6.42 Å². The fourth-order valence-corrected chi connectivity index (χ4v) is 1.01. The Morgan fingerprint density at radius 2 is 2.45 bits per heavy atom. The second kappa shape index (κ2) is 3.35. The summed E-state index contributed by atoms with van der Waals surface area (Å²) < 4.78 is 0.567. The molecule has 0 spiro atoms. The maximum atomic E-state index is 9.02. The molecule has 3 nitrogen and oxygen atoms in total. The molecular weight excluding hydrogens is 208 g/mol. The third kappa shape index (κ3) is 1.92. The Morgan fingerprint density at radius 1 is 1.73 bits per heavy atom. The van der Waals surface area contributed by atoms with Crippen LogP contribution in [0, 0.1) is 11.3 Å². The molecule has 0 radical (unpaired) electrons. The van der Waals surface area contributed by atoms with Crippen LogP contribution < -0.4 is 0 Å². The highest BCUT2D eigenvalue weighted by Crippen LogP contribution is 2.22. The number of nitriles is 1. The number of aromatic hydroxyl groups is 1. The van der Waals surface area contributed by atoms with Gasteiger partial charge in [-0.3, -0.25) is 4.98 Å². The quantitative estimate of drug-likeness (QED) is 0.770. The lowest BCUT2D eigenvalue weighted by molar-refractivity contribution is 0.468. The average Bonchev–Trinajstić information content (AvgIpc) is 1.98. The van der Waals surface area contributed by atoms with Gasteiger partial charge in [-0.15, -0.1) is 0 Å². The minimum absolute atomic E-state index is 0.0895. The molecule has 0 saturated heterocycles. The van der Waals surface area contributed by atoms with Gasteiger partial charge in [0.05, 0.1) is 28.9 Å². The Hall–Kier alpha value is -1.08. The molecule has 0 aliphatic heterocycles. The van der Waals surface area contributed by atoms with E-state index >= 15 is 0 Å². The van der Waals surface area contributed by atoms with Crippen molar-refractivity contribution in [3.63, 3.8) is 0 Å². The van der Waals surface area contributed by atoms with Crippen LogP contribution in [0.5, 0.6) is 5.75 Å². The number of hydrogen-bond donors (Lipinski definition) is 1. The van der Waals surface area contributed by atoms with Crippen LogP contribution in [0.25, 0.3) is 0 Å². The highest BCUT2D eigenvalue weighted by molar-refractivity contribution is 9.10. The van der Waals surface area contributed by atoms with E-state index in [1.165, 1.54) is 6.20 Å². The van der Waals surface area contributed by atoms with Crippen molar-refractivity contribution < 1.29 is 5.11 Å². The summed E-state index contributed by atoms with van der Waals surface area (Å²) >= 11 is 3.12. The fourth-order valence-electron chi connectivity index (χ4n) is 0.641. The predicted octanol–water partition coefficient (Wildman–Crippen LogP) is 1.62. The number of halogens is 1. The summed E-state index contributed by atoms with van der Waals surface area (Å²) in [5.41, 5.74) is 0.650. The molecule has 1 aromatic heterocycles. The van der Waals surface area contributed by atoms with Crippen molar-refractivity contribution in [3.05, 3.63) is 22.4 Å². The number of nitrogens with zero attached hydrogens (tertiary/aromatic N) is 2. The van der Waals surface area contributed by atoms with Crippen LogP contribution in [0.2, 0.25) is 0 Å². The number of rotatable bonds is 1. The van der Waals surface area contributed by atoms with Crippen LogP contribution >= 0.6 is 15.9 Å². The van der Waals surface area contributed by atoms with E-state index in [4.69, 9.17) is 10.4 Å². The van der Waals surface area contributed by atoms with E-state index in [-0.39, 0.29) is 12.2 Å². The van der Waals surface area contributed by atoms with E-state index in [0.29, 0.717) is 10.2 Å². The van der Waals surface area contributed by atoms with Crippen molar-refractivity contribution in [1.82, 2.24) is 4.98 Å². The van der Waals surface area contributed by atoms with Gasteiger partial charge >= 0.3 is 0 Å². The molecule has 0 bridgehead atoms. The van der Waals surface area contributed by atoms with E-state index in [0.717, 1.165) is 0 Å². The van der Waals surface area contributed by atoms with Crippen molar-refractivity contribution >= 4 is 15.9 Å². The highest BCUT2D eigenvalue weighted by Gasteiger charge is 1.99.